The summed E-state index contributed by atoms with van der Waals surface area (Å²) in [5, 5.41) is 14.0. The van der Waals surface area contributed by atoms with E-state index in [9.17, 15) is 0 Å². The summed E-state index contributed by atoms with van der Waals surface area (Å²) in [5.74, 6) is 0. The van der Waals surface area contributed by atoms with E-state index in [-0.39, 0.29) is 0 Å². The summed E-state index contributed by atoms with van der Waals surface area (Å²) in [7, 11) is 0. The lowest BCUT2D eigenvalue weighted by atomic mass is 10.1. The van der Waals surface area contributed by atoms with Crippen LogP contribution in [0.5, 0.6) is 0 Å². The van der Waals surface area contributed by atoms with E-state index >= 15 is 0 Å². The fourth-order valence-corrected chi connectivity index (χ4v) is 4.28. The first-order chi connectivity index (χ1) is 14.4. The zero-order valence-electron chi connectivity index (χ0n) is 15.1. The van der Waals surface area contributed by atoms with Crippen LogP contribution in [0, 0.1) is 0 Å². The Balaban J connectivity index is 1.53. The number of aromatic nitrogens is 6. The van der Waals surface area contributed by atoms with Gasteiger partial charge in [0.25, 0.3) is 0 Å². The molecule has 0 amide bonds. The zero-order valence-corrected chi connectivity index (χ0v) is 15.9. The third-order valence-corrected chi connectivity index (χ3v) is 5.74. The van der Waals surface area contributed by atoms with Crippen molar-refractivity contribution in [3.8, 4) is 33.8 Å². The number of nitrogens with zero attached hydrogens (tertiary/aromatic N) is 4. The van der Waals surface area contributed by atoms with E-state index in [2.05, 4.69) is 59.1 Å². The van der Waals surface area contributed by atoms with Gasteiger partial charge in [0.15, 0.2) is 0 Å². The third-order valence-electron chi connectivity index (χ3n) is 5.06. The molecule has 0 atom stereocenters. The van der Waals surface area contributed by atoms with Crippen molar-refractivity contribution >= 4 is 33.1 Å². The van der Waals surface area contributed by atoms with Crippen LogP contribution >= 0.6 is 11.3 Å². The van der Waals surface area contributed by atoms with Gasteiger partial charge in [-0.15, -0.1) is 0 Å². The van der Waals surface area contributed by atoms with Crippen molar-refractivity contribution in [1.82, 2.24) is 30.1 Å². The summed E-state index contributed by atoms with van der Waals surface area (Å²) in [5.41, 5.74) is 7.90. The molecule has 6 nitrogen and oxygen atoms in total. The number of fused-ring (bicyclic) bond motifs is 2. The minimum Gasteiger partial charge on any atom is -0.352 e. The summed E-state index contributed by atoms with van der Waals surface area (Å²) in [6.45, 7) is 0. The average Bonchev–Trinajstić information content (AvgIpc) is 3.52. The predicted molar refractivity (Wildman–Crippen MR) is 116 cm³/mol. The van der Waals surface area contributed by atoms with Crippen molar-refractivity contribution in [2.45, 2.75) is 0 Å². The Morgan fingerprint density at radius 2 is 1.76 bits per heavy atom. The van der Waals surface area contributed by atoms with Gasteiger partial charge in [-0.05, 0) is 46.7 Å². The molecule has 2 N–H and O–H groups in total. The second-order valence-electron chi connectivity index (χ2n) is 6.77. The first-order valence-electron chi connectivity index (χ1n) is 9.11. The molecule has 0 aromatic carbocycles. The molecule has 0 bridgehead atoms. The number of pyridine rings is 3. The van der Waals surface area contributed by atoms with Gasteiger partial charge in [-0.2, -0.15) is 16.4 Å². The molecule has 0 fully saturated rings. The smallest absolute Gasteiger partial charge is 0.116 e. The van der Waals surface area contributed by atoms with E-state index in [1.54, 1.807) is 23.7 Å². The molecule has 6 heterocycles. The van der Waals surface area contributed by atoms with E-state index in [4.69, 9.17) is 0 Å². The van der Waals surface area contributed by atoms with Crippen LogP contribution in [0.15, 0.2) is 72.1 Å². The molecule has 6 aromatic heterocycles. The first-order valence-corrected chi connectivity index (χ1v) is 10.1. The highest BCUT2D eigenvalue weighted by atomic mass is 32.1. The number of rotatable bonds is 3. The van der Waals surface area contributed by atoms with E-state index in [0.717, 1.165) is 50.0 Å². The lowest BCUT2D eigenvalue weighted by molar-refractivity contribution is 1.11. The maximum atomic E-state index is 4.56. The molecule has 0 saturated carbocycles. The molecule has 29 heavy (non-hydrogen) atoms. The van der Waals surface area contributed by atoms with Gasteiger partial charge >= 0.3 is 0 Å². The number of hydrogen-bond donors (Lipinski definition) is 2. The van der Waals surface area contributed by atoms with E-state index in [0.29, 0.717) is 0 Å². The van der Waals surface area contributed by atoms with E-state index in [1.807, 2.05) is 30.7 Å². The maximum absolute atomic E-state index is 4.56. The first kappa shape index (κ1) is 16.1. The fourth-order valence-electron chi connectivity index (χ4n) is 3.63. The molecule has 0 saturated heterocycles. The van der Waals surface area contributed by atoms with Crippen LogP contribution in [0.3, 0.4) is 0 Å². The van der Waals surface area contributed by atoms with Crippen molar-refractivity contribution in [3.63, 3.8) is 0 Å². The Hall–Kier alpha value is -3.84. The quantitative estimate of drug-likeness (QED) is 0.427. The lowest BCUT2D eigenvalue weighted by Gasteiger charge is -2.00. The molecule has 0 aliphatic heterocycles. The van der Waals surface area contributed by atoms with Gasteiger partial charge < -0.3 is 4.98 Å². The molecular weight excluding hydrogens is 380 g/mol. The Kier molecular flexibility index (Phi) is 3.54. The van der Waals surface area contributed by atoms with Crippen molar-refractivity contribution in [2.24, 2.45) is 0 Å². The lowest BCUT2D eigenvalue weighted by Crippen LogP contribution is -1.84. The van der Waals surface area contributed by atoms with Crippen molar-refractivity contribution in [3.05, 3.63) is 72.1 Å². The third kappa shape index (κ3) is 2.63. The Labute approximate surface area is 169 Å². The SMILES string of the molecule is c1cc(-c2cc3c(-c4cc5c(-c6ccsc6)cncc5[nH]4)n[nH]c3cn2)ccn1. The van der Waals surface area contributed by atoms with Crippen molar-refractivity contribution < 1.29 is 0 Å². The number of hydrogen-bond acceptors (Lipinski definition) is 5. The van der Waals surface area contributed by atoms with Crippen LogP contribution in [0.2, 0.25) is 0 Å². The highest BCUT2D eigenvalue weighted by molar-refractivity contribution is 7.08. The van der Waals surface area contributed by atoms with Crippen LogP contribution in [-0.2, 0) is 0 Å². The molecule has 0 radical (unpaired) electrons. The molecule has 0 aliphatic rings. The highest BCUT2D eigenvalue weighted by Crippen LogP contribution is 2.34. The van der Waals surface area contributed by atoms with Gasteiger partial charge in [0.2, 0.25) is 0 Å². The van der Waals surface area contributed by atoms with Crippen LogP contribution < -0.4 is 0 Å². The number of thiophene rings is 1. The topological polar surface area (TPSA) is 83.1 Å². The van der Waals surface area contributed by atoms with Crippen molar-refractivity contribution in [2.75, 3.05) is 0 Å². The summed E-state index contributed by atoms with van der Waals surface area (Å²) in [6.07, 6.45) is 9.13. The van der Waals surface area contributed by atoms with Gasteiger partial charge in [0.05, 0.1) is 34.8 Å². The standard InChI is InChI=1S/C22H14N6S/c1-4-23-5-2-13(1)18-8-16-21(11-25-18)27-28-22(16)19-7-15-17(14-3-6-29-12-14)9-24-10-20(15)26-19/h1-12,26H,(H,27,28). The van der Waals surface area contributed by atoms with Gasteiger partial charge in [-0.1, -0.05) is 0 Å². The highest BCUT2D eigenvalue weighted by Gasteiger charge is 2.15. The minimum absolute atomic E-state index is 0.866. The molecule has 0 aliphatic carbocycles. The van der Waals surface area contributed by atoms with Gasteiger partial charge in [-0.3, -0.25) is 20.1 Å². The fraction of sp³-hybridized carbons (Fsp3) is 0. The monoisotopic (exact) mass is 394 g/mol. The van der Waals surface area contributed by atoms with Crippen LogP contribution in [0.1, 0.15) is 0 Å². The molecular formula is C22H14N6S. The Morgan fingerprint density at radius 1 is 0.828 bits per heavy atom. The van der Waals surface area contributed by atoms with E-state index in [1.165, 1.54) is 5.56 Å². The van der Waals surface area contributed by atoms with Crippen molar-refractivity contribution in [1.29, 1.82) is 0 Å². The van der Waals surface area contributed by atoms with E-state index < -0.39 is 0 Å². The predicted octanol–water partition coefficient (Wildman–Crippen LogP) is 5.29. The van der Waals surface area contributed by atoms with Gasteiger partial charge in [-0.25, -0.2) is 0 Å². The number of nitrogens with one attached hydrogen (secondary N) is 2. The zero-order chi connectivity index (χ0) is 19.2. The number of aromatic amines is 2. The maximum Gasteiger partial charge on any atom is 0.116 e. The summed E-state index contributed by atoms with van der Waals surface area (Å²) in [6, 6.07) is 10.2. The van der Waals surface area contributed by atoms with Gasteiger partial charge in [0.1, 0.15) is 5.69 Å². The molecule has 0 unspecified atom stereocenters. The molecule has 6 aromatic rings. The molecule has 7 heteroatoms. The number of H-pyrrole nitrogens is 2. The Bertz CT molecular complexity index is 1450. The average molecular weight is 394 g/mol. The van der Waals surface area contributed by atoms with Gasteiger partial charge in [0, 0.05) is 40.5 Å². The minimum atomic E-state index is 0.866. The van der Waals surface area contributed by atoms with Crippen LogP contribution in [0.4, 0.5) is 0 Å². The molecule has 6 rings (SSSR count). The second kappa shape index (κ2) is 6.35. The summed E-state index contributed by atoms with van der Waals surface area (Å²) >= 11 is 1.68. The van der Waals surface area contributed by atoms with Crippen LogP contribution in [0.25, 0.3) is 55.6 Å². The summed E-state index contributed by atoms with van der Waals surface area (Å²) in [4.78, 5) is 16.5. The molecule has 138 valence electrons. The summed E-state index contributed by atoms with van der Waals surface area (Å²) < 4.78 is 0. The second-order valence-corrected chi connectivity index (χ2v) is 7.55. The largest absolute Gasteiger partial charge is 0.352 e. The molecule has 0 spiro atoms. The van der Waals surface area contributed by atoms with Crippen LogP contribution in [-0.4, -0.2) is 30.1 Å². The Morgan fingerprint density at radius 3 is 2.62 bits per heavy atom. The normalized spacial score (nSPS) is 11.4.